The molecule has 2 aliphatic heterocycles. The molecule has 170 valence electrons. The van der Waals surface area contributed by atoms with Crippen molar-refractivity contribution in [3.8, 4) is 0 Å². The van der Waals surface area contributed by atoms with Crippen molar-refractivity contribution in [1.29, 1.82) is 0 Å². The van der Waals surface area contributed by atoms with Crippen LogP contribution in [-0.2, 0) is 11.3 Å². The van der Waals surface area contributed by atoms with Gasteiger partial charge in [0, 0.05) is 49.4 Å². The molecule has 0 bridgehead atoms. The van der Waals surface area contributed by atoms with E-state index >= 15 is 0 Å². The first-order valence-electron chi connectivity index (χ1n) is 11.3. The molecule has 2 aromatic carbocycles. The van der Waals surface area contributed by atoms with Gasteiger partial charge < -0.3 is 10.2 Å². The lowest BCUT2D eigenvalue weighted by atomic mass is 9.95. The Morgan fingerprint density at radius 1 is 0.969 bits per heavy atom. The maximum absolute atomic E-state index is 13.1. The van der Waals surface area contributed by atoms with Crippen LogP contribution >= 0.6 is 11.6 Å². The highest BCUT2D eigenvalue weighted by molar-refractivity contribution is 6.30. The average Bonchev–Trinajstić information content (AvgIpc) is 2.82. The van der Waals surface area contributed by atoms with Crippen molar-refractivity contribution in [3.05, 3.63) is 70.5 Å². The van der Waals surface area contributed by atoms with E-state index in [1.807, 2.05) is 12.1 Å². The predicted octanol–water partition coefficient (Wildman–Crippen LogP) is 4.11. The Balaban J connectivity index is 1.24. The molecule has 2 amide bonds. The Morgan fingerprint density at radius 3 is 2.34 bits per heavy atom. The number of nitrogens with one attached hydrogen (secondary N) is 1. The minimum atomic E-state index is -0.216. The number of halogens is 2. The quantitative estimate of drug-likeness (QED) is 0.735. The van der Waals surface area contributed by atoms with Gasteiger partial charge in [-0.1, -0.05) is 23.7 Å². The second-order valence-corrected chi connectivity index (χ2v) is 9.22. The molecule has 2 saturated heterocycles. The lowest BCUT2D eigenvalue weighted by Gasteiger charge is -2.35. The highest BCUT2D eigenvalue weighted by Gasteiger charge is 2.30. The molecular formula is C25H29ClFN3O2. The van der Waals surface area contributed by atoms with E-state index in [1.54, 1.807) is 29.2 Å². The summed E-state index contributed by atoms with van der Waals surface area (Å²) in [5, 5.41) is 3.81. The summed E-state index contributed by atoms with van der Waals surface area (Å²) in [7, 11) is 0. The summed E-state index contributed by atoms with van der Waals surface area (Å²) >= 11 is 5.92. The Kier molecular flexibility index (Phi) is 7.43. The molecule has 5 nitrogen and oxygen atoms in total. The molecule has 4 rings (SSSR count). The van der Waals surface area contributed by atoms with Crippen LogP contribution in [0.1, 0.15) is 41.6 Å². The molecule has 2 aliphatic rings. The molecule has 0 saturated carbocycles. The normalized spacial score (nSPS) is 20.2. The molecule has 1 N–H and O–H groups in total. The Morgan fingerprint density at radius 2 is 1.66 bits per heavy atom. The first-order chi connectivity index (χ1) is 15.5. The molecule has 1 unspecified atom stereocenters. The molecule has 32 heavy (non-hydrogen) atoms. The first kappa shape index (κ1) is 22.7. The SMILES string of the molecule is O=C(NC1CCN(Cc2ccc(F)cc2)CC1)C1CCCN(C(=O)c2ccc(Cl)cc2)C1. The zero-order chi connectivity index (χ0) is 22.5. The predicted molar refractivity (Wildman–Crippen MR) is 123 cm³/mol. The highest BCUT2D eigenvalue weighted by Crippen LogP contribution is 2.21. The van der Waals surface area contributed by atoms with Gasteiger partial charge in [-0.25, -0.2) is 4.39 Å². The molecule has 7 heteroatoms. The van der Waals surface area contributed by atoms with Gasteiger partial charge in [0.2, 0.25) is 5.91 Å². The molecule has 0 aliphatic carbocycles. The average molecular weight is 458 g/mol. The number of piperidine rings is 2. The van der Waals surface area contributed by atoms with Crippen molar-refractivity contribution in [2.75, 3.05) is 26.2 Å². The molecular weight excluding hydrogens is 429 g/mol. The van der Waals surface area contributed by atoms with Crippen molar-refractivity contribution in [2.45, 2.75) is 38.3 Å². The van der Waals surface area contributed by atoms with Crippen molar-refractivity contribution in [1.82, 2.24) is 15.1 Å². The number of rotatable bonds is 5. The second kappa shape index (κ2) is 10.5. The molecule has 2 aromatic rings. The minimum absolute atomic E-state index is 0.0479. The summed E-state index contributed by atoms with van der Waals surface area (Å²) in [6.07, 6.45) is 3.42. The number of carbonyl (C=O) groups excluding carboxylic acids is 2. The van der Waals surface area contributed by atoms with Crippen LogP contribution in [0.15, 0.2) is 48.5 Å². The fraction of sp³-hybridized carbons (Fsp3) is 0.440. The van der Waals surface area contributed by atoms with Crippen molar-refractivity contribution >= 4 is 23.4 Å². The van der Waals surface area contributed by atoms with Crippen LogP contribution in [0.3, 0.4) is 0 Å². The van der Waals surface area contributed by atoms with Crippen molar-refractivity contribution in [3.63, 3.8) is 0 Å². The number of hydrogen-bond donors (Lipinski definition) is 1. The number of amides is 2. The summed E-state index contributed by atoms with van der Waals surface area (Å²) in [4.78, 5) is 29.8. The number of hydrogen-bond acceptors (Lipinski definition) is 3. The van der Waals surface area contributed by atoms with E-state index in [2.05, 4.69) is 10.2 Å². The second-order valence-electron chi connectivity index (χ2n) is 8.78. The van der Waals surface area contributed by atoms with Gasteiger partial charge in [0.1, 0.15) is 5.82 Å². The van der Waals surface area contributed by atoms with E-state index in [9.17, 15) is 14.0 Å². The van der Waals surface area contributed by atoms with Crippen LogP contribution in [0, 0.1) is 11.7 Å². The molecule has 2 heterocycles. The molecule has 2 fully saturated rings. The maximum atomic E-state index is 13.1. The van der Waals surface area contributed by atoms with E-state index in [1.165, 1.54) is 12.1 Å². The summed E-state index contributed by atoms with van der Waals surface area (Å²) in [5.41, 5.74) is 1.70. The van der Waals surface area contributed by atoms with Gasteiger partial charge in [-0.2, -0.15) is 0 Å². The number of likely N-dealkylation sites (tertiary alicyclic amines) is 2. The van der Waals surface area contributed by atoms with E-state index in [0.717, 1.165) is 50.9 Å². The zero-order valence-corrected chi connectivity index (χ0v) is 18.9. The maximum Gasteiger partial charge on any atom is 0.253 e. The fourth-order valence-electron chi connectivity index (χ4n) is 4.55. The smallest absolute Gasteiger partial charge is 0.253 e. The third-order valence-corrected chi connectivity index (χ3v) is 6.68. The lowest BCUT2D eigenvalue weighted by molar-refractivity contribution is -0.127. The molecule has 0 aromatic heterocycles. The summed E-state index contributed by atoms with van der Waals surface area (Å²) in [6.45, 7) is 3.72. The third-order valence-electron chi connectivity index (χ3n) is 6.42. The van der Waals surface area contributed by atoms with Crippen LogP contribution in [0.4, 0.5) is 4.39 Å². The molecule has 1 atom stereocenters. The van der Waals surface area contributed by atoms with Crippen molar-refractivity contribution in [2.24, 2.45) is 5.92 Å². The van der Waals surface area contributed by atoms with Gasteiger partial charge in [0.25, 0.3) is 5.91 Å². The number of carbonyl (C=O) groups is 2. The summed E-state index contributed by atoms with van der Waals surface area (Å²) < 4.78 is 13.1. The van der Waals surface area contributed by atoms with E-state index in [-0.39, 0.29) is 29.6 Å². The van der Waals surface area contributed by atoms with Crippen molar-refractivity contribution < 1.29 is 14.0 Å². The summed E-state index contributed by atoms with van der Waals surface area (Å²) in [5.74, 6) is -0.382. The Bertz CT molecular complexity index is 927. The van der Waals surface area contributed by atoms with Crippen LogP contribution in [0.5, 0.6) is 0 Å². The highest BCUT2D eigenvalue weighted by atomic mass is 35.5. The Labute approximate surface area is 193 Å². The lowest BCUT2D eigenvalue weighted by Crippen LogP contribution is -2.50. The van der Waals surface area contributed by atoms with Crippen LogP contribution in [-0.4, -0.2) is 53.8 Å². The molecule has 0 spiro atoms. The van der Waals surface area contributed by atoms with Gasteiger partial charge in [0.05, 0.1) is 5.92 Å². The van der Waals surface area contributed by atoms with Gasteiger partial charge in [-0.3, -0.25) is 14.5 Å². The van der Waals surface area contributed by atoms with E-state index in [4.69, 9.17) is 11.6 Å². The minimum Gasteiger partial charge on any atom is -0.353 e. The monoisotopic (exact) mass is 457 g/mol. The van der Waals surface area contributed by atoms with E-state index in [0.29, 0.717) is 23.7 Å². The van der Waals surface area contributed by atoms with Gasteiger partial charge in [-0.15, -0.1) is 0 Å². The van der Waals surface area contributed by atoms with Gasteiger partial charge >= 0.3 is 0 Å². The van der Waals surface area contributed by atoms with Gasteiger partial charge in [0.15, 0.2) is 0 Å². The van der Waals surface area contributed by atoms with Crippen LogP contribution in [0.25, 0.3) is 0 Å². The zero-order valence-electron chi connectivity index (χ0n) is 18.1. The van der Waals surface area contributed by atoms with Crippen LogP contribution < -0.4 is 5.32 Å². The topological polar surface area (TPSA) is 52.7 Å². The van der Waals surface area contributed by atoms with E-state index < -0.39 is 0 Å². The fourth-order valence-corrected chi connectivity index (χ4v) is 4.68. The number of nitrogens with zero attached hydrogens (tertiary/aromatic N) is 2. The van der Waals surface area contributed by atoms with Gasteiger partial charge in [-0.05, 0) is 67.6 Å². The first-order valence-corrected chi connectivity index (χ1v) is 11.7. The molecule has 0 radical (unpaired) electrons. The summed E-state index contributed by atoms with van der Waals surface area (Å²) in [6, 6.07) is 13.7. The standard InChI is InChI=1S/C25H29ClFN3O2/c26-21-7-5-19(6-8-21)25(32)30-13-1-2-20(17-30)24(31)28-23-11-14-29(15-12-23)16-18-3-9-22(27)10-4-18/h3-10,20,23H,1-2,11-17H2,(H,28,31). The Hall–Kier alpha value is -2.44. The van der Waals surface area contributed by atoms with Crippen LogP contribution in [0.2, 0.25) is 5.02 Å². The third kappa shape index (κ3) is 5.87. The largest absolute Gasteiger partial charge is 0.353 e. The number of benzene rings is 2.